The fourth-order valence-corrected chi connectivity index (χ4v) is 1.87. The van der Waals surface area contributed by atoms with Crippen molar-refractivity contribution in [2.24, 2.45) is 0 Å². The molecule has 1 N–H and O–H groups in total. The molecule has 1 saturated heterocycles. The summed E-state index contributed by atoms with van der Waals surface area (Å²) < 4.78 is 4.95. The van der Waals surface area contributed by atoms with Crippen LogP contribution in [0.5, 0.6) is 0 Å². The van der Waals surface area contributed by atoms with E-state index in [1.807, 2.05) is 0 Å². The molecule has 0 saturated carbocycles. The predicted molar refractivity (Wildman–Crippen MR) is 57.9 cm³/mol. The maximum atomic E-state index is 10.7. The number of amides is 1. The van der Waals surface area contributed by atoms with Crippen molar-refractivity contribution in [3.8, 4) is 6.07 Å². The van der Waals surface area contributed by atoms with Gasteiger partial charge in [0.05, 0.1) is 11.8 Å². The topological polar surface area (TPSA) is 90.4 Å². The van der Waals surface area contributed by atoms with Gasteiger partial charge in [-0.15, -0.1) is 0 Å². The first kappa shape index (κ1) is 11.2. The molecule has 1 aliphatic rings. The molecule has 6 nitrogen and oxygen atoms in total. The largest absolute Gasteiger partial charge is 0.465 e. The Morgan fingerprint density at radius 1 is 1.53 bits per heavy atom. The van der Waals surface area contributed by atoms with Crippen molar-refractivity contribution in [3.63, 3.8) is 0 Å². The fourth-order valence-electron chi connectivity index (χ4n) is 1.87. The lowest BCUT2D eigenvalue weighted by molar-refractivity contribution is 0.142. The summed E-state index contributed by atoms with van der Waals surface area (Å²) in [4.78, 5) is 12.1. The standard InChI is InChI=1S/C11H11N3O3/c12-7-9(10-1-4-13-17-10)8-2-5-14(6-3-8)11(15)16/h1,4H,2-3,5-6H2,(H,15,16). The zero-order chi connectivity index (χ0) is 12.3. The van der Waals surface area contributed by atoms with Crippen LogP contribution in [0.15, 0.2) is 22.4 Å². The zero-order valence-electron chi connectivity index (χ0n) is 9.09. The predicted octanol–water partition coefficient (Wildman–Crippen LogP) is 1.73. The molecule has 6 heteroatoms. The molecule has 0 aliphatic carbocycles. The molecule has 17 heavy (non-hydrogen) atoms. The van der Waals surface area contributed by atoms with Crippen LogP contribution in [-0.2, 0) is 0 Å². The van der Waals surface area contributed by atoms with E-state index in [0.29, 0.717) is 37.3 Å². The van der Waals surface area contributed by atoms with Crippen LogP contribution in [0.1, 0.15) is 18.6 Å². The number of hydrogen-bond donors (Lipinski definition) is 1. The van der Waals surface area contributed by atoms with E-state index in [-0.39, 0.29) is 0 Å². The summed E-state index contributed by atoms with van der Waals surface area (Å²) >= 11 is 0. The maximum Gasteiger partial charge on any atom is 0.407 e. The van der Waals surface area contributed by atoms with Gasteiger partial charge in [-0.2, -0.15) is 5.26 Å². The van der Waals surface area contributed by atoms with Gasteiger partial charge in [0.25, 0.3) is 0 Å². The van der Waals surface area contributed by atoms with Crippen LogP contribution in [0, 0.1) is 11.3 Å². The zero-order valence-corrected chi connectivity index (χ0v) is 9.09. The molecule has 1 aliphatic heterocycles. The molecule has 0 unspecified atom stereocenters. The summed E-state index contributed by atoms with van der Waals surface area (Å²) in [5.74, 6) is 0.450. The number of piperidine rings is 1. The van der Waals surface area contributed by atoms with Crippen LogP contribution in [0.2, 0.25) is 0 Å². The van der Waals surface area contributed by atoms with Gasteiger partial charge in [0.1, 0.15) is 6.07 Å². The van der Waals surface area contributed by atoms with Crippen molar-refractivity contribution < 1.29 is 14.4 Å². The first-order valence-corrected chi connectivity index (χ1v) is 5.23. The van der Waals surface area contributed by atoms with Crippen LogP contribution < -0.4 is 0 Å². The molecule has 1 fully saturated rings. The second-order valence-corrected chi connectivity index (χ2v) is 3.74. The van der Waals surface area contributed by atoms with E-state index >= 15 is 0 Å². The summed E-state index contributed by atoms with van der Waals surface area (Å²) in [6.07, 6.45) is 1.70. The molecular weight excluding hydrogens is 222 g/mol. The quantitative estimate of drug-likeness (QED) is 0.746. The smallest absolute Gasteiger partial charge is 0.407 e. The van der Waals surface area contributed by atoms with E-state index in [2.05, 4.69) is 11.2 Å². The lowest BCUT2D eigenvalue weighted by atomic mass is 9.97. The van der Waals surface area contributed by atoms with Crippen LogP contribution in [0.25, 0.3) is 5.57 Å². The monoisotopic (exact) mass is 233 g/mol. The minimum absolute atomic E-state index is 0.421. The Kier molecular flexibility index (Phi) is 3.10. The number of rotatable bonds is 1. The third-order valence-corrected chi connectivity index (χ3v) is 2.79. The van der Waals surface area contributed by atoms with E-state index in [9.17, 15) is 4.79 Å². The van der Waals surface area contributed by atoms with Gasteiger partial charge in [-0.1, -0.05) is 5.16 Å². The Morgan fingerprint density at radius 2 is 2.24 bits per heavy atom. The molecule has 2 rings (SSSR count). The van der Waals surface area contributed by atoms with Crippen LogP contribution in [0.3, 0.4) is 0 Å². The number of aromatic nitrogens is 1. The molecule has 0 spiro atoms. The highest BCUT2D eigenvalue weighted by Crippen LogP contribution is 2.26. The Balaban J connectivity index is 2.18. The number of carbonyl (C=O) groups is 1. The highest BCUT2D eigenvalue weighted by atomic mass is 16.5. The van der Waals surface area contributed by atoms with E-state index in [1.165, 1.54) is 11.1 Å². The van der Waals surface area contributed by atoms with Crippen LogP contribution >= 0.6 is 0 Å². The molecule has 0 bridgehead atoms. The SMILES string of the molecule is N#CC(=C1CCN(C(=O)O)CC1)c1ccno1. The minimum Gasteiger partial charge on any atom is -0.465 e. The molecule has 2 heterocycles. The fraction of sp³-hybridized carbons (Fsp3) is 0.364. The molecule has 0 radical (unpaired) electrons. The Hall–Kier alpha value is -2.29. The van der Waals surface area contributed by atoms with Crippen molar-refractivity contribution in [1.29, 1.82) is 5.26 Å². The number of carboxylic acid groups (broad SMARTS) is 1. The number of hydrogen-bond acceptors (Lipinski definition) is 4. The molecular formula is C11H11N3O3. The van der Waals surface area contributed by atoms with Gasteiger partial charge in [-0.05, 0) is 18.4 Å². The molecule has 88 valence electrons. The third-order valence-electron chi connectivity index (χ3n) is 2.79. The third kappa shape index (κ3) is 2.28. The van der Waals surface area contributed by atoms with Gasteiger partial charge < -0.3 is 14.5 Å². The molecule has 0 atom stereocenters. The van der Waals surface area contributed by atoms with E-state index < -0.39 is 6.09 Å². The number of nitrogens with zero attached hydrogens (tertiary/aromatic N) is 3. The van der Waals surface area contributed by atoms with Crippen molar-refractivity contribution in [2.45, 2.75) is 12.8 Å². The van der Waals surface area contributed by atoms with Gasteiger partial charge in [0, 0.05) is 19.2 Å². The van der Waals surface area contributed by atoms with Crippen LogP contribution in [-0.4, -0.2) is 34.3 Å². The summed E-state index contributed by atoms with van der Waals surface area (Å²) in [5, 5.41) is 21.5. The highest BCUT2D eigenvalue weighted by Gasteiger charge is 2.21. The van der Waals surface area contributed by atoms with Crippen LogP contribution in [0.4, 0.5) is 4.79 Å². The van der Waals surface area contributed by atoms with E-state index in [1.54, 1.807) is 6.07 Å². The number of allylic oxidation sites excluding steroid dienone is 1. The Morgan fingerprint density at radius 3 is 2.71 bits per heavy atom. The van der Waals surface area contributed by atoms with E-state index in [0.717, 1.165) is 5.57 Å². The van der Waals surface area contributed by atoms with Gasteiger partial charge in [-0.25, -0.2) is 4.79 Å². The Labute approximate surface area is 97.7 Å². The maximum absolute atomic E-state index is 10.7. The molecule has 1 aromatic rings. The van der Waals surface area contributed by atoms with E-state index in [4.69, 9.17) is 14.9 Å². The number of likely N-dealkylation sites (tertiary alicyclic amines) is 1. The van der Waals surface area contributed by atoms with Crippen molar-refractivity contribution in [1.82, 2.24) is 10.1 Å². The number of nitriles is 1. The Bertz CT molecular complexity index is 475. The average Bonchev–Trinajstić information content (AvgIpc) is 2.84. The second kappa shape index (κ2) is 4.70. The first-order valence-electron chi connectivity index (χ1n) is 5.23. The minimum atomic E-state index is -0.915. The molecule has 1 amide bonds. The lowest BCUT2D eigenvalue weighted by Crippen LogP contribution is -2.35. The summed E-state index contributed by atoms with van der Waals surface area (Å²) in [5.41, 5.74) is 1.41. The highest BCUT2D eigenvalue weighted by molar-refractivity contribution is 5.76. The van der Waals surface area contributed by atoms with Gasteiger partial charge in [0.2, 0.25) is 0 Å². The molecule has 0 aromatic carbocycles. The average molecular weight is 233 g/mol. The first-order chi connectivity index (χ1) is 8.22. The van der Waals surface area contributed by atoms with Gasteiger partial charge in [-0.3, -0.25) is 0 Å². The second-order valence-electron chi connectivity index (χ2n) is 3.74. The lowest BCUT2D eigenvalue weighted by Gasteiger charge is -2.26. The summed E-state index contributed by atoms with van der Waals surface area (Å²) in [6.45, 7) is 0.841. The van der Waals surface area contributed by atoms with Gasteiger partial charge >= 0.3 is 6.09 Å². The summed E-state index contributed by atoms with van der Waals surface area (Å²) in [7, 11) is 0. The normalized spacial score (nSPS) is 15.5. The van der Waals surface area contributed by atoms with Crippen molar-refractivity contribution in [2.75, 3.05) is 13.1 Å². The molecule has 1 aromatic heterocycles. The summed E-state index contributed by atoms with van der Waals surface area (Å²) in [6, 6.07) is 3.73. The van der Waals surface area contributed by atoms with Crippen molar-refractivity contribution in [3.05, 3.63) is 23.6 Å². The van der Waals surface area contributed by atoms with Gasteiger partial charge in [0.15, 0.2) is 5.76 Å². The van der Waals surface area contributed by atoms with Crippen molar-refractivity contribution >= 4 is 11.7 Å².